The number of hydrogen-bond acceptors (Lipinski definition) is 2. The maximum atomic E-state index is 12.4. The number of benzene rings is 1. The predicted octanol–water partition coefficient (Wildman–Crippen LogP) is 4.53. The van der Waals surface area contributed by atoms with E-state index in [1.54, 1.807) is 0 Å². The van der Waals surface area contributed by atoms with Crippen molar-refractivity contribution < 1.29 is 29.0 Å². The fraction of sp³-hybridized carbons (Fsp3) is 0.100. The second-order valence-corrected chi connectivity index (χ2v) is 5.80. The highest BCUT2D eigenvalue weighted by atomic mass is 32.5. The number of rotatable bonds is 3. The van der Waals surface area contributed by atoms with E-state index >= 15 is 0 Å². The van der Waals surface area contributed by atoms with E-state index in [-0.39, 0.29) is 17.7 Å². The molecule has 0 amide bonds. The van der Waals surface area contributed by atoms with Gasteiger partial charge in [-0.15, -0.1) is 0 Å². The molecule has 0 aromatic heterocycles. The van der Waals surface area contributed by atoms with Crippen LogP contribution >= 0.6 is 10.2 Å². The Bertz CT molecular complexity index is 489. The van der Waals surface area contributed by atoms with E-state index in [4.69, 9.17) is 0 Å². The van der Waals surface area contributed by atoms with E-state index < -0.39 is 21.1 Å². The molecule has 0 aliphatic carbocycles. The molecule has 0 bridgehead atoms. The van der Waals surface area contributed by atoms with E-state index in [1.807, 2.05) is 0 Å². The average molecular weight is 288 g/mol. The molecule has 18 heavy (non-hydrogen) atoms. The van der Waals surface area contributed by atoms with Crippen molar-refractivity contribution >= 4 is 22.3 Å². The van der Waals surface area contributed by atoms with Crippen LogP contribution in [0.4, 0.5) is 19.4 Å². The van der Waals surface area contributed by atoms with E-state index in [9.17, 15) is 24.2 Å². The van der Waals surface area contributed by atoms with Gasteiger partial charge < -0.3 is 4.74 Å². The lowest BCUT2D eigenvalue weighted by molar-refractivity contribution is -0.134. The Balaban J connectivity index is 3.03. The topological polar surface area (TPSA) is 26.3 Å². The summed E-state index contributed by atoms with van der Waals surface area (Å²) < 4.78 is 66.0. The first-order valence-electron chi connectivity index (χ1n) is 4.52. The number of esters is 1. The number of carbonyl (C=O) groups is 1. The van der Waals surface area contributed by atoms with Gasteiger partial charge in [-0.1, -0.05) is 31.6 Å². The Hall–Kier alpha value is -1.57. The molecule has 1 rings (SSSR count). The molecule has 0 unspecified atom stereocenters. The zero-order valence-corrected chi connectivity index (χ0v) is 9.90. The molecule has 0 aliphatic heterocycles. The minimum Gasteiger partial charge on any atom is -0.466 e. The quantitative estimate of drug-likeness (QED) is 0.464. The van der Waals surface area contributed by atoms with Gasteiger partial charge in [-0.2, -0.15) is 0 Å². The van der Waals surface area contributed by atoms with Crippen LogP contribution in [0.15, 0.2) is 35.2 Å². The fourth-order valence-electron chi connectivity index (χ4n) is 1.07. The monoisotopic (exact) mass is 288 g/mol. The van der Waals surface area contributed by atoms with Crippen molar-refractivity contribution in [1.29, 1.82) is 0 Å². The van der Waals surface area contributed by atoms with Gasteiger partial charge in [0.2, 0.25) is 0 Å². The van der Waals surface area contributed by atoms with Gasteiger partial charge in [-0.05, 0) is 23.8 Å². The van der Waals surface area contributed by atoms with Crippen molar-refractivity contribution in [3.05, 3.63) is 35.9 Å². The summed E-state index contributed by atoms with van der Waals surface area (Å²) in [6, 6.07) is 2.23. The van der Waals surface area contributed by atoms with E-state index in [0.29, 0.717) is 0 Å². The molecule has 0 heterocycles. The maximum absolute atomic E-state index is 12.4. The average Bonchev–Trinajstić information content (AvgIpc) is 2.23. The molecule has 0 atom stereocenters. The van der Waals surface area contributed by atoms with Gasteiger partial charge in [0.05, 0.1) is 7.11 Å². The second kappa shape index (κ2) is 3.71. The Kier molecular flexibility index (Phi) is 2.99. The van der Waals surface area contributed by atoms with Crippen molar-refractivity contribution in [3.8, 4) is 0 Å². The molecular formula is C10H9F5O2S. The van der Waals surface area contributed by atoms with Gasteiger partial charge in [0.25, 0.3) is 0 Å². The number of methoxy groups -OCH3 is 1. The summed E-state index contributed by atoms with van der Waals surface area (Å²) in [4.78, 5) is 8.74. The van der Waals surface area contributed by atoms with Gasteiger partial charge >= 0.3 is 16.2 Å². The third-order valence-electron chi connectivity index (χ3n) is 1.94. The van der Waals surface area contributed by atoms with Crippen molar-refractivity contribution in [2.24, 2.45) is 0 Å². The molecule has 0 N–H and O–H groups in total. The highest BCUT2D eigenvalue weighted by Gasteiger charge is 2.65. The van der Waals surface area contributed by atoms with E-state index in [0.717, 1.165) is 31.4 Å². The Labute approximate surface area is 99.8 Å². The molecule has 0 aliphatic rings. The van der Waals surface area contributed by atoms with E-state index in [2.05, 4.69) is 4.74 Å². The minimum absolute atomic E-state index is 0.172. The largest absolute Gasteiger partial charge is 0.466 e. The summed E-state index contributed by atoms with van der Waals surface area (Å²) in [6.45, 7) is 0. The van der Waals surface area contributed by atoms with Gasteiger partial charge in [0, 0.05) is 6.08 Å². The Morgan fingerprint density at radius 2 is 1.61 bits per heavy atom. The zero-order valence-electron chi connectivity index (χ0n) is 9.08. The molecule has 0 fully saturated rings. The van der Waals surface area contributed by atoms with Crippen LogP contribution in [0, 0.1) is 0 Å². The molecule has 0 saturated heterocycles. The highest BCUT2D eigenvalue weighted by Crippen LogP contribution is 3.02. The fourth-order valence-corrected chi connectivity index (χ4v) is 1.72. The van der Waals surface area contributed by atoms with Gasteiger partial charge in [0.15, 0.2) is 0 Å². The number of hydrogen-bond donors (Lipinski definition) is 0. The van der Waals surface area contributed by atoms with Crippen molar-refractivity contribution in [1.82, 2.24) is 0 Å². The molecular weight excluding hydrogens is 279 g/mol. The first kappa shape index (κ1) is 14.5. The summed E-state index contributed by atoms with van der Waals surface area (Å²) in [5, 5.41) is 0. The van der Waals surface area contributed by atoms with Crippen molar-refractivity contribution in [2.75, 3.05) is 7.11 Å². The lowest BCUT2D eigenvalue weighted by Crippen LogP contribution is -2.05. The SMILES string of the molecule is COC(=O)/C=C/c1ccc(S(F)(F)(F)(F)F)cc1. The third kappa shape index (κ3) is 4.02. The summed E-state index contributed by atoms with van der Waals surface area (Å²) in [5.41, 5.74) is 0.172. The van der Waals surface area contributed by atoms with Crippen LogP contribution in [0.3, 0.4) is 0 Å². The molecule has 8 heteroatoms. The first-order valence-corrected chi connectivity index (χ1v) is 6.48. The standard InChI is InChI=1S/C10H9F5O2S/c1-17-10(16)7-4-8-2-5-9(6-3-8)18(11,12,13,14)15/h2-7H,1H3/b7-4+. The lowest BCUT2D eigenvalue weighted by Gasteiger charge is -2.40. The smallest absolute Gasteiger partial charge is 0.330 e. The van der Waals surface area contributed by atoms with Crippen LogP contribution in [0.2, 0.25) is 0 Å². The molecule has 1 aromatic rings. The number of halogens is 5. The number of carbonyl (C=O) groups excluding carboxylic acids is 1. The Morgan fingerprint density at radius 1 is 1.11 bits per heavy atom. The van der Waals surface area contributed by atoms with Crippen LogP contribution in [0.5, 0.6) is 0 Å². The first-order chi connectivity index (χ1) is 7.92. The minimum atomic E-state index is -9.63. The lowest BCUT2D eigenvalue weighted by atomic mass is 10.2. The molecule has 0 spiro atoms. The van der Waals surface area contributed by atoms with Gasteiger partial charge in [-0.3, -0.25) is 0 Å². The predicted molar refractivity (Wildman–Crippen MR) is 58.9 cm³/mol. The van der Waals surface area contributed by atoms with Crippen molar-refractivity contribution in [2.45, 2.75) is 4.90 Å². The van der Waals surface area contributed by atoms with Crippen LogP contribution in [0.1, 0.15) is 5.56 Å². The molecule has 0 saturated carbocycles. The van der Waals surface area contributed by atoms with Crippen molar-refractivity contribution in [3.63, 3.8) is 0 Å². The van der Waals surface area contributed by atoms with Gasteiger partial charge in [-0.25, -0.2) is 4.79 Å². The van der Waals surface area contributed by atoms with E-state index in [1.165, 1.54) is 0 Å². The Morgan fingerprint density at radius 3 is 2.00 bits per heavy atom. The summed E-state index contributed by atoms with van der Waals surface area (Å²) in [5.74, 6) is -0.702. The molecule has 1 aromatic carbocycles. The van der Waals surface area contributed by atoms with Crippen LogP contribution < -0.4 is 0 Å². The molecule has 0 radical (unpaired) electrons. The summed E-state index contributed by atoms with van der Waals surface area (Å²) >= 11 is 0. The third-order valence-corrected chi connectivity index (χ3v) is 3.10. The summed E-state index contributed by atoms with van der Waals surface area (Å²) in [6.07, 6.45) is 2.12. The molecule has 2 nitrogen and oxygen atoms in total. The maximum Gasteiger partial charge on any atom is 0.330 e. The van der Waals surface area contributed by atoms with Crippen LogP contribution in [-0.2, 0) is 9.53 Å². The van der Waals surface area contributed by atoms with Gasteiger partial charge in [0.1, 0.15) is 4.90 Å². The normalized spacial score (nSPS) is 16.1. The highest BCUT2D eigenvalue weighted by molar-refractivity contribution is 8.45. The zero-order chi connectivity index (χ0) is 14.1. The van der Waals surface area contributed by atoms with Crippen LogP contribution in [0.25, 0.3) is 6.08 Å². The van der Waals surface area contributed by atoms with Crippen LogP contribution in [-0.4, -0.2) is 13.1 Å². The second-order valence-electron chi connectivity index (χ2n) is 3.39. The molecule has 102 valence electrons. The number of ether oxygens (including phenoxy) is 1. The summed E-state index contributed by atoms with van der Waals surface area (Å²) in [7, 11) is -8.50.